The van der Waals surface area contributed by atoms with Crippen LogP contribution in [0.25, 0.3) is 22.6 Å². The summed E-state index contributed by atoms with van der Waals surface area (Å²) in [5.41, 5.74) is 0.900. The van der Waals surface area contributed by atoms with Gasteiger partial charge < -0.3 is 4.57 Å². The summed E-state index contributed by atoms with van der Waals surface area (Å²) in [5.74, 6) is -1.25. The third kappa shape index (κ3) is 3.63. The first-order valence-corrected chi connectivity index (χ1v) is 9.31. The van der Waals surface area contributed by atoms with Crippen molar-refractivity contribution in [3.05, 3.63) is 79.0 Å². The van der Waals surface area contributed by atoms with Crippen LogP contribution < -0.4 is 11.2 Å². The maximum absolute atomic E-state index is 13.5. The molecule has 2 aliphatic rings. The van der Waals surface area contributed by atoms with Gasteiger partial charge in [0.15, 0.2) is 11.5 Å². The first kappa shape index (κ1) is 19.2. The molecular formula is C20H15ClF2N4O2. The number of halogens is 3. The van der Waals surface area contributed by atoms with Gasteiger partial charge in [-0.05, 0) is 48.2 Å². The lowest BCUT2D eigenvalue weighted by Gasteiger charge is -2.18. The topological polar surface area (TPSA) is 80.6 Å². The van der Waals surface area contributed by atoms with E-state index in [1.165, 1.54) is 12.1 Å². The number of aromatic nitrogens is 4. The zero-order chi connectivity index (χ0) is 20.7. The standard InChI is InChI=1S/C20H15ClF2N4O2/c1-2-11-7-16-15(9-14(11)21)24-17-18(25-20(29)26-19(17)28)27(16)4-3-10-5-12(22)8-13(23)6-10/h5-9H,2-4H2,1H3,(H,26,28,29). The second-order valence-electron chi connectivity index (χ2n) is 6.62. The third-order valence-electron chi connectivity index (χ3n) is 4.70. The van der Waals surface area contributed by atoms with Crippen molar-refractivity contribution in [2.24, 2.45) is 0 Å². The average Bonchev–Trinajstić information content (AvgIpc) is 2.64. The highest BCUT2D eigenvalue weighted by molar-refractivity contribution is 6.32. The molecule has 0 saturated carbocycles. The molecule has 2 aromatic rings. The SMILES string of the molecule is CCc1cc2c(cc1Cl)nc1c(=O)[nH]c(=O)nc-1n2CCc1cc(F)cc(F)c1. The predicted octanol–water partition coefficient (Wildman–Crippen LogP) is 3.32. The van der Waals surface area contributed by atoms with E-state index in [-0.39, 0.29) is 24.5 Å². The van der Waals surface area contributed by atoms with Crippen molar-refractivity contribution in [2.75, 3.05) is 0 Å². The summed E-state index contributed by atoms with van der Waals surface area (Å²) in [5, 5.41) is 0.510. The summed E-state index contributed by atoms with van der Waals surface area (Å²) >= 11 is 6.30. The van der Waals surface area contributed by atoms with E-state index in [0.717, 1.165) is 11.6 Å². The van der Waals surface area contributed by atoms with Gasteiger partial charge in [0.1, 0.15) is 11.6 Å². The van der Waals surface area contributed by atoms with Gasteiger partial charge in [0.05, 0.1) is 11.0 Å². The normalized spacial score (nSPS) is 11.4. The Kier molecular flexibility index (Phi) is 4.87. The molecule has 1 N–H and O–H groups in total. The van der Waals surface area contributed by atoms with E-state index < -0.39 is 22.9 Å². The van der Waals surface area contributed by atoms with Crippen LogP contribution in [0, 0.1) is 11.6 Å². The lowest BCUT2D eigenvalue weighted by atomic mass is 10.1. The van der Waals surface area contributed by atoms with Gasteiger partial charge in [-0.3, -0.25) is 9.78 Å². The highest BCUT2D eigenvalue weighted by Gasteiger charge is 2.19. The zero-order valence-corrected chi connectivity index (χ0v) is 16.1. The van der Waals surface area contributed by atoms with Crippen LogP contribution in [0.2, 0.25) is 5.02 Å². The van der Waals surface area contributed by atoms with Crippen molar-refractivity contribution >= 4 is 22.6 Å². The summed E-state index contributed by atoms with van der Waals surface area (Å²) in [6.45, 7) is 2.17. The van der Waals surface area contributed by atoms with E-state index in [1.807, 2.05) is 13.0 Å². The van der Waals surface area contributed by atoms with Crippen LogP contribution in [0.4, 0.5) is 8.78 Å². The van der Waals surface area contributed by atoms with Crippen LogP contribution in [-0.4, -0.2) is 19.5 Å². The molecule has 2 heterocycles. The molecule has 0 saturated heterocycles. The second kappa shape index (κ2) is 7.36. The Balaban J connectivity index is 1.94. The number of hydrogen-bond donors (Lipinski definition) is 1. The van der Waals surface area contributed by atoms with Gasteiger partial charge in [0, 0.05) is 17.6 Å². The number of fused-ring (bicyclic) bond motifs is 2. The smallest absolute Gasteiger partial charge is 0.322 e. The third-order valence-corrected chi connectivity index (χ3v) is 5.06. The molecule has 2 aromatic carbocycles. The van der Waals surface area contributed by atoms with Crippen molar-refractivity contribution in [1.29, 1.82) is 0 Å². The maximum atomic E-state index is 13.5. The molecule has 0 amide bonds. The Labute approximate surface area is 168 Å². The van der Waals surface area contributed by atoms with Gasteiger partial charge in [0.2, 0.25) is 0 Å². The molecule has 0 fully saturated rings. The van der Waals surface area contributed by atoms with E-state index in [0.29, 0.717) is 28.0 Å². The number of nitrogens with one attached hydrogen (secondary N) is 1. The molecule has 0 bridgehead atoms. The van der Waals surface area contributed by atoms with E-state index in [4.69, 9.17) is 11.6 Å². The molecular weight excluding hydrogens is 402 g/mol. The lowest BCUT2D eigenvalue weighted by molar-refractivity contribution is 0.577. The van der Waals surface area contributed by atoms with Crippen LogP contribution >= 0.6 is 11.6 Å². The van der Waals surface area contributed by atoms with Crippen LogP contribution in [0.15, 0.2) is 39.9 Å². The summed E-state index contributed by atoms with van der Waals surface area (Å²) < 4.78 is 28.7. The number of hydrogen-bond acceptors (Lipinski definition) is 4. The summed E-state index contributed by atoms with van der Waals surface area (Å²) in [6.07, 6.45) is 0.915. The van der Waals surface area contributed by atoms with Gasteiger partial charge in [-0.25, -0.2) is 18.6 Å². The number of benzene rings is 2. The van der Waals surface area contributed by atoms with Gasteiger partial charge in [-0.1, -0.05) is 18.5 Å². The number of rotatable bonds is 4. The minimum absolute atomic E-state index is 0.0113. The molecule has 29 heavy (non-hydrogen) atoms. The number of nitrogens with zero attached hydrogens (tertiary/aromatic N) is 3. The van der Waals surface area contributed by atoms with Crippen molar-refractivity contribution in [1.82, 2.24) is 19.5 Å². The Morgan fingerprint density at radius 3 is 2.48 bits per heavy atom. The quantitative estimate of drug-likeness (QED) is 0.517. The predicted molar refractivity (Wildman–Crippen MR) is 105 cm³/mol. The van der Waals surface area contributed by atoms with Crippen LogP contribution in [-0.2, 0) is 19.4 Å². The fraction of sp³-hybridized carbons (Fsp3) is 0.200. The second-order valence-corrected chi connectivity index (χ2v) is 7.03. The van der Waals surface area contributed by atoms with Crippen LogP contribution in [0.5, 0.6) is 0 Å². The Bertz CT molecular complexity index is 1310. The largest absolute Gasteiger partial charge is 0.349 e. The maximum Gasteiger partial charge on any atom is 0.349 e. The Morgan fingerprint density at radius 2 is 1.79 bits per heavy atom. The fourth-order valence-electron chi connectivity index (χ4n) is 3.35. The van der Waals surface area contributed by atoms with Crippen molar-refractivity contribution in [2.45, 2.75) is 26.3 Å². The van der Waals surface area contributed by atoms with Crippen LogP contribution in [0.3, 0.4) is 0 Å². The van der Waals surface area contributed by atoms with Crippen molar-refractivity contribution < 1.29 is 8.78 Å². The monoisotopic (exact) mass is 416 g/mol. The van der Waals surface area contributed by atoms with Crippen molar-refractivity contribution in [3.63, 3.8) is 0 Å². The molecule has 0 aromatic heterocycles. The Hall–Kier alpha value is -3.13. The first-order valence-electron chi connectivity index (χ1n) is 8.93. The molecule has 0 unspecified atom stereocenters. The van der Waals surface area contributed by atoms with Crippen LogP contribution in [0.1, 0.15) is 18.1 Å². The number of aryl methyl sites for hydroxylation is 3. The molecule has 0 spiro atoms. The van der Waals surface area contributed by atoms with E-state index in [1.54, 1.807) is 10.6 Å². The molecule has 4 rings (SSSR count). The molecule has 0 radical (unpaired) electrons. The van der Waals surface area contributed by atoms with Gasteiger partial charge in [-0.2, -0.15) is 4.98 Å². The average molecular weight is 417 g/mol. The minimum Gasteiger partial charge on any atom is -0.322 e. The van der Waals surface area contributed by atoms with E-state index >= 15 is 0 Å². The highest BCUT2D eigenvalue weighted by Crippen LogP contribution is 2.27. The first-order chi connectivity index (χ1) is 13.9. The summed E-state index contributed by atoms with van der Waals surface area (Å²) in [7, 11) is 0. The Morgan fingerprint density at radius 1 is 1.07 bits per heavy atom. The molecule has 2 aliphatic heterocycles. The molecule has 6 nitrogen and oxygen atoms in total. The molecule has 148 valence electrons. The van der Waals surface area contributed by atoms with Gasteiger partial charge in [-0.15, -0.1) is 0 Å². The van der Waals surface area contributed by atoms with E-state index in [2.05, 4.69) is 15.0 Å². The summed E-state index contributed by atoms with van der Waals surface area (Å²) in [4.78, 5) is 34.4. The zero-order valence-electron chi connectivity index (χ0n) is 15.3. The molecule has 0 atom stereocenters. The lowest BCUT2D eigenvalue weighted by Crippen LogP contribution is -2.29. The minimum atomic E-state index is -0.793. The molecule has 0 aliphatic carbocycles. The summed E-state index contributed by atoms with van der Waals surface area (Å²) in [6, 6.07) is 6.75. The highest BCUT2D eigenvalue weighted by atomic mass is 35.5. The van der Waals surface area contributed by atoms with Gasteiger partial charge >= 0.3 is 5.69 Å². The number of aromatic amines is 1. The number of H-pyrrole nitrogens is 1. The van der Waals surface area contributed by atoms with Crippen molar-refractivity contribution in [3.8, 4) is 11.5 Å². The fourth-order valence-corrected chi connectivity index (χ4v) is 3.64. The molecule has 9 heteroatoms. The van der Waals surface area contributed by atoms with E-state index in [9.17, 15) is 18.4 Å². The van der Waals surface area contributed by atoms with Gasteiger partial charge in [0.25, 0.3) is 5.56 Å².